The molecular formula is C26H27Cl2N3O5S. The molecule has 4 rings (SSSR count). The van der Waals surface area contributed by atoms with Crippen LogP contribution < -0.4 is 14.4 Å². The van der Waals surface area contributed by atoms with Gasteiger partial charge in [0.05, 0.1) is 21.7 Å². The van der Waals surface area contributed by atoms with Gasteiger partial charge in [0.1, 0.15) is 37.0 Å². The van der Waals surface area contributed by atoms with Gasteiger partial charge in [-0.05, 0) is 35.4 Å². The van der Waals surface area contributed by atoms with Crippen molar-refractivity contribution in [2.45, 2.75) is 31.1 Å². The first kappa shape index (κ1) is 27.1. The average molecular weight is 564 g/mol. The summed E-state index contributed by atoms with van der Waals surface area (Å²) in [5, 5.41) is 9.59. The zero-order valence-corrected chi connectivity index (χ0v) is 23.0. The van der Waals surface area contributed by atoms with Crippen LogP contribution in [0.1, 0.15) is 36.2 Å². The van der Waals surface area contributed by atoms with Crippen LogP contribution in [0.4, 0.5) is 6.01 Å². The van der Waals surface area contributed by atoms with Crippen LogP contribution in [0.15, 0.2) is 47.1 Å². The van der Waals surface area contributed by atoms with E-state index >= 15 is 0 Å². The Kier molecular flexibility index (Phi) is 7.93. The lowest BCUT2D eigenvalue weighted by Crippen LogP contribution is -2.54. The fraction of sp³-hybridized carbons (Fsp3) is 0.385. The summed E-state index contributed by atoms with van der Waals surface area (Å²) >= 11 is 12.1. The first-order chi connectivity index (χ1) is 17.5. The van der Waals surface area contributed by atoms with E-state index in [9.17, 15) is 13.7 Å². The third kappa shape index (κ3) is 5.98. The number of aromatic nitrogens is 1. The number of oxazole rings is 1. The second-order valence-corrected chi connectivity index (χ2v) is 12.5. The Morgan fingerprint density at radius 2 is 1.89 bits per heavy atom. The van der Waals surface area contributed by atoms with Gasteiger partial charge in [0.25, 0.3) is 6.01 Å². The van der Waals surface area contributed by atoms with Gasteiger partial charge in [0.2, 0.25) is 0 Å². The molecule has 0 N–H and O–H groups in total. The predicted molar refractivity (Wildman–Crippen MR) is 143 cm³/mol. The number of rotatable bonds is 10. The number of sulfone groups is 1. The first-order valence-corrected chi connectivity index (χ1v) is 14.4. The molecule has 0 bridgehead atoms. The number of anilines is 1. The van der Waals surface area contributed by atoms with Crippen LogP contribution in [-0.2, 0) is 21.9 Å². The molecule has 0 amide bonds. The van der Waals surface area contributed by atoms with Crippen molar-refractivity contribution < 1.29 is 22.3 Å². The number of halogens is 2. The van der Waals surface area contributed by atoms with E-state index < -0.39 is 15.3 Å². The average Bonchev–Trinajstić information content (AvgIpc) is 3.28. The zero-order chi connectivity index (χ0) is 26.8. The van der Waals surface area contributed by atoms with Crippen LogP contribution in [-0.4, -0.2) is 50.5 Å². The normalized spacial score (nSPS) is 14.2. The van der Waals surface area contributed by atoms with Gasteiger partial charge in [0.15, 0.2) is 15.6 Å². The number of alkyl halides is 1. The van der Waals surface area contributed by atoms with E-state index in [0.717, 1.165) is 11.1 Å². The fourth-order valence-electron chi connectivity index (χ4n) is 3.99. The standard InChI is InChI=1S/C26H27Cl2N3O5S/c1-26(2,19-10-17(12-29)24(23(28)11-19)34-9-8-27)18-4-6-21(7-5-18)35-15-20-16-36-25(30-20)31-13-22(14-31)37(3,32)33/h4-7,10-11,16,22H,8-9,13-15H2,1-3H3. The van der Waals surface area contributed by atoms with E-state index in [0.29, 0.717) is 52.8 Å². The molecule has 1 saturated heterocycles. The molecule has 8 nitrogen and oxygen atoms in total. The molecule has 0 radical (unpaired) electrons. The summed E-state index contributed by atoms with van der Waals surface area (Å²) in [5.41, 5.74) is 2.41. The number of ether oxygens (including phenoxy) is 2. The number of benzene rings is 2. The summed E-state index contributed by atoms with van der Waals surface area (Å²) in [4.78, 5) is 6.18. The van der Waals surface area contributed by atoms with Crippen LogP contribution in [0.25, 0.3) is 0 Å². The van der Waals surface area contributed by atoms with E-state index in [4.69, 9.17) is 37.1 Å². The summed E-state index contributed by atoms with van der Waals surface area (Å²) in [6.45, 7) is 5.33. The highest BCUT2D eigenvalue weighted by molar-refractivity contribution is 7.91. The molecule has 0 aliphatic carbocycles. The third-order valence-electron chi connectivity index (χ3n) is 6.44. The van der Waals surface area contributed by atoms with Crippen molar-refractivity contribution in [2.24, 2.45) is 0 Å². The molecule has 0 atom stereocenters. The van der Waals surface area contributed by atoms with Crippen molar-refractivity contribution in [2.75, 3.05) is 36.7 Å². The Bertz CT molecular complexity index is 1410. The summed E-state index contributed by atoms with van der Waals surface area (Å²) < 4.78 is 40.1. The van der Waals surface area contributed by atoms with Gasteiger partial charge < -0.3 is 18.8 Å². The quantitative estimate of drug-likeness (QED) is 0.319. The van der Waals surface area contributed by atoms with Crippen molar-refractivity contribution in [3.8, 4) is 17.6 Å². The Hall–Kier alpha value is -2.93. The minimum Gasteiger partial charge on any atom is -0.489 e. The van der Waals surface area contributed by atoms with Crippen molar-refractivity contribution in [3.05, 3.63) is 70.1 Å². The van der Waals surface area contributed by atoms with Gasteiger partial charge in [-0.25, -0.2) is 8.42 Å². The largest absolute Gasteiger partial charge is 0.489 e. The molecule has 0 unspecified atom stereocenters. The molecule has 11 heteroatoms. The van der Waals surface area contributed by atoms with E-state index in [-0.39, 0.29) is 18.5 Å². The Balaban J connectivity index is 1.40. The monoisotopic (exact) mass is 563 g/mol. The second-order valence-electron chi connectivity index (χ2n) is 9.40. The molecule has 2 heterocycles. The Morgan fingerprint density at radius 1 is 1.19 bits per heavy atom. The summed E-state index contributed by atoms with van der Waals surface area (Å²) in [6.07, 6.45) is 2.75. The number of nitriles is 1. The molecule has 37 heavy (non-hydrogen) atoms. The zero-order valence-electron chi connectivity index (χ0n) is 20.7. The highest BCUT2D eigenvalue weighted by Crippen LogP contribution is 2.38. The van der Waals surface area contributed by atoms with E-state index in [2.05, 4.69) is 24.9 Å². The van der Waals surface area contributed by atoms with Gasteiger partial charge in [-0.3, -0.25) is 0 Å². The number of hydrogen-bond acceptors (Lipinski definition) is 8. The maximum absolute atomic E-state index is 11.6. The Morgan fingerprint density at radius 3 is 2.51 bits per heavy atom. The van der Waals surface area contributed by atoms with E-state index in [1.54, 1.807) is 11.0 Å². The minimum absolute atomic E-state index is 0.209. The highest BCUT2D eigenvalue weighted by Gasteiger charge is 2.36. The topological polar surface area (TPSA) is 106 Å². The molecule has 1 aromatic heterocycles. The lowest BCUT2D eigenvalue weighted by molar-refractivity contribution is 0.301. The predicted octanol–water partition coefficient (Wildman–Crippen LogP) is 4.96. The van der Waals surface area contributed by atoms with Crippen molar-refractivity contribution in [1.82, 2.24) is 4.98 Å². The SMILES string of the molecule is CC(C)(c1ccc(OCc2coc(N3CC(S(C)(=O)=O)C3)n2)cc1)c1cc(Cl)c(OCCCl)c(C#N)c1. The van der Waals surface area contributed by atoms with Gasteiger partial charge in [-0.2, -0.15) is 10.2 Å². The molecule has 1 aliphatic rings. The lowest BCUT2D eigenvalue weighted by atomic mass is 9.77. The smallest absolute Gasteiger partial charge is 0.297 e. The maximum atomic E-state index is 11.6. The van der Waals surface area contributed by atoms with Crippen molar-refractivity contribution in [1.29, 1.82) is 5.26 Å². The fourth-order valence-corrected chi connectivity index (χ4v) is 5.24. The highest BCUT2D eigenvalue weighted by atomic mass is 35.5. The molecule has 3 aromatic rings. The second kappa shape index (κ2) is 10.8. The van der Waals surface area contributed by atoms with Crippen molar-refractivity contribution >= 4 is 39.1 Å². The van der Waals surface area contributed by atoms with E-state index in [1.165, 1.54) is 12.5 Å². The van der Waals surface area contributed by atoms with Crippen molar-refractivity contribution in [3.63, 3.8) is 0 Å². The molecular weight excluding hydrogens is 537 g/mol. The third-order valence-corrected chi connectivity index (χ3v) is 8.38. The molecule has 0 saturated carbocycles. The summed E-state index contributed by atoms with van der Waals surface area (Å²) in [5.74, 6) is 1.30. The van der Waals surface area contributed by atoms with Gasteiger partial charge in [-0.1, -0.05) is 37.6 Å². The van der Waals surface area contributed by atoms with Crippen LogP contribution in [0.2, 0.25) is 5.02 Å². The van der Waals surface area contributed by atoms with Crippen LogP contribution in [0, 0.1) is 11.3 Å². The maximum Gasteiger partial charge on any atom is 0.297 e. The summed E-state index contributed by atoms with van der Waals surface area (Å²) in [7, 11) is -3.06. The van der Waals surface area contributed by atoms with Crippen LogP contribution in [0.3, 0.4) is 0 Å². The molecule has 2 aromatic carbocycles. The molecule has 1 aliphatic heterocycles. The van der Waals surface area contributed by atoms with E-state index in [1.807, 2.05) is 30.3 Å². The van der Waals surface area contributed by atoms with Crippen LogP contribution >= 0.6 is 23.2 Å². The number of nitrogens with zero attached hydrogens (tertiary/aromatic N) is 3. The first-order valence-electron chi connectivity index (χ1n) is 11.6. The van der Waals surface area contributed by atoms with Gasteiger partial charge in [0, 0.05) is 24.8 Å². The van der Waals surface area contributed by atoms with Gasteiger partial charge >= 0.3 is 0 Å². The lowest BCUT2D eigenvalue weighted by Gasteiger charge is -2.36. The van der Waals surface area contributed by atoms with Gasteiger partial charge in [-0.15, -0.1) is 11.6 Å². The minimum atomic E-state index is -3.06. The molecule has 1 fully saturated rings. The molecule has 196 valence electrons. The van der Waals surface area contributed by atoms with Crippen LogP contribution in [0.5, 0.6) is 11.5 Å². The Labute approximate surface area is 226 Å². The summed E-state index contributed by atoms with van der Waals surface area (Å²) in [6, 6.07) is 13.8. The molecule has 0 spiro atoms. The number of hydrogen-bond donors (Lipinski definition) is 0.